The standard InChI is InChI=1S/C24H24N2O4/c1-14-10-20(23-15(2)12-22(27)30-21(23)11-14)29-16(3)24(28)25-9-8-17-13-26-19-7-5-4-6-18(17)19/h4-7,10-13,16,26H,8-9H2,1-3H3,(H,25,28)/t16-/m0/s1. The second kappa shape index (κ2) is 8.06. The van der Waals surface area contributed by atoms with Crippen molar-refractivity contribution in [3.63, 3.8) is 0 Å². The largest absolute Gasteiger partial charge is 0.480 e. The zero-order chi connectivity index (χ0) is 21.3. The van der Waals surface area contributed by atoms with Crippen LogP contribution in [-0.2, 0) is 11.2 Å². The summed E-state index contributed by atoms with van der Waals surface area (Å²) in [6.07, 6.45) is 2.01. The number of benzene rings is 2. The smallest absolute Gasteiger partial charge is 0.336 e. The van der Waals surface area contributed by atoms with Gasteiger partial charge in [0.05, 0.1) is 5.39 Å². The summed E-state index contributed by atoms with van der Waals surface area (Å²) in [6.45, 7) is 5.94. The molecule has 1 atom stereocenters. The van der Waals surface area contributed by atoms with Crippen LogP contribution in [0.4, 0.5) is 0 Å². The van der Waals surface area contributed by atoms with E-state index in [1.807, 2.05) is 44.3 Å². The molecule has 1 amide bonds. The van der Waals surface area contributed by atoms with Gasteiger partial charge in [0.2, 0.25) is 0 Å². The number of nitrogens with one attached hydrogen (secondary N) is 2. The van der Waals surface area contributed by atoms with Crippen LogP contribution in [0.3, 0.4) is 0 Å². The van der Waals surface area contributed by atoms with E-state index in [0.29, 0.717) is 23.3 Å². The zero-order valence-corrected chi connectivity index (χ0v) is 17.2. The van der Waals surface area contributed by atoms with E-state index in [4.69, 9.17) is 9.15 Å². The summed E-state index contributed by atoms with van der Waals surface area (Å²) in [5, 5.41) is 4.81. The average molecular weight is 404 g/mol. The molecular weight excluding hydrogens is 380 g/mol. The van der Waals surface area contributed by atoms with Crippen molar-refractivity contribution in [3.05, 3.63) is 75.8 Å². The van der Waals surface area contributed by atoms with Crippen LogP contribution < -0.4 is 15.7 Å². The normalized spacial score (nSPS) is 12.2. The molecule has 0 spiro atoms. The van der Waals surface area contributed by atoms with E-state index in [-0.39, 0.29) is 5.91 Å². The predicted molar refractivity (Wildman–Crippen MR) is 117 cm³/mol. The van der Waals surface area contributed by atoms with Gasteiger partial charge in [-0.3, -0.25) is 4.79 Å². The van der Waals surface area contributed by atoms with Gasteiger partial charge in [-0.1, -0.05) is 18.2 Å². The maximum Gasteiger partial charge on any atom is 0.336 e. The molecule has 2 N–H and O–H groups in total. The van der Waals surface area contributed by atoms with Crippen molar-refractivity contribution in [2.45, 2.75) is 33.3 Å². The van der Waals surface area contributed by atoms with Gasteiger partial charge in [-0.05, 0) is 62.1 Å². The first-order valence-electron chi connectivity index (χ1n) is 9.97. The van der Waals surface area contributed by atoms with Gasteiger partial charge in [0.15, 0.2) is 6.10 Å². The molecule has 0 radical (unpaired) electrons. The fourth-order valence-electron chi connectivity index (χ4n) is 3.72. The highest BCUT2D eigenvalue weighted by molar-refractivity contribution is 5.88. The minimum Gasteiger partial charge on any atom is -0.480 e. The van der Waals surface area contributed by atoms with Crippen LogP contribution in [0.25, 0.3) is 21.9 Å². The number of carbonyl (C=O) groups is 1. The van der Waals surface area contributed by atoms with E-state index in [1.165, 1.54) is 11.5 Å². The molecule has 0 aliphatic carbocycles. The number of para-hydroxylation sites is 1. The van der Waals surface area contributed by atoms with Crippen LogP contribution in [-0.4, -0.2) is 23.5 Å². The molecule has 0 unspecified atom stereocenters. The van der Waals surface area contributed by atoms with Gasteiger partial charge in [-0.25, -0.2) is 4.79 Å². The van der Waals surface area contributed by atoms with Crippen molar-refractivity contribution < 1.29 is 13.9 Å². The highest BCUT2D eigenvalue weighted by Gasteiger charge is 2.18. The molecule has 4 rings (SSSR count). The Balaban J connectivity index is 1.44. The van der Waals surface area contributed by atoms with Crippen LogP contribution >= 0.6 is 0 Å². The van der Waals surface area contributed by atoms with Crippen molar-refractivity contribution in [3.8, 4) is 5.75 Å². The van der Waals surface area contributed by atoms with Gasteiger partial charge in [0, 0.05) is 29.7 Å². The summed E-state index contributed by atoms with van der Waals surface area (Å²) in [7, 11) is 0. The average Bonchev–Trinajstić information content (AvgIpc) is 3.10. The predicted octanol–water partition coefficient (Wildman–Crippen LogP) is 4.02. The van der Waals surface area contributed by atoms with Crippen LogP contribution in [0.15, 0.2) is 57.9 Å². The number of carbonyl (C=O) groups excluding carboxylic acids is 1. The topological polar surface area (TPSA) is 84.3 Å². The summed E-state index contributed by atoms with van der Waals surface area (Å²) in [5.74, 6) is 0.338. The number of aryl methyl sites for hydroxylation is 2. The number of hydrogen-bond acceptors (Lipinski definition) is 4. The Morgan fingerprint density at radius 2 is 2.00 bits per heavy atom. The quantitative estimate of drug-likeness (QED) is 0.476. The fraction of sp³-hybridized carbons (Fsp3) is 0.250. The maximum atomic E-state index is 12.6. The molecule has 0 aliphatic heterocycles. The summed E-state index contributed by atoms with van der Waals surface area (Å²) in [6, 6.07) is 13.2. The molecule has 6 nitrogen and oxygen atoms in total. The van der Waals surface area contributed by atoms with E-state index >= 15 is 0 Å². The SMILES string of the molecule is Cc1cc(O[C@@H](C)C(=O)NCCc2c[nH]c3ccccc23)c2c(C)cc(=O)oc2c1. The molecule has 0 saturated heterocycles. The van der Waals surface area contributed by atoms with Gasteiger partial charge < -0.3 is 19.5 Å². The minimum atomic E-state index is -0.690. The third kappa shape index (κ3) is 3.94. The Bertz CT molecular complexity index is 1290. The molecule has 0 saturated carbocycles. The third-order valence-corrected chi connectivity index (χ3v) is 5.19. The van der Waals surface area contributed by atoms with E-state index in [9.17, 15) is 9.59 Å². The summed E-state index contributed by atoms with van der Waals surface area (Å²) < 4.78 is 11.3. The molecule has 4 aromatic rings. The highest BCUT2D eigenvalue weighted by atomic mass is 16.5. The fourth-order valence-corrected chi connectivity index (χ4v) is 3.72. The monoisotopic (exact) mass is 404 g/mol. The lowest BCUT2D eigenvalue weighted by Gasteiger charge is -2.17. The van der Waals surface area contributed by atoms with Gasteiger partial charge in [-0.2, -0.15) is 0 Å². The number of H-pyrrole nitrogens is 1. The lowest BCUT2D eigenvalue weighted by Crippen LogP contribution is -2.37. The molecule has 2 aromatic heterocycles. The summed E-state index contributed by atoms with van der Waals surface area (Å²) in [5.41, 5.74) is 3.95. The molecule has 0 fully saturated rings. The molecule has 0 aliphatic rings. The second-order valence-corrected chi connectivity index (χ2v) is 7.55. The molecular formula is C24H24N2O4. The van der Waals surface area contributed by atoms with Gasteiger partial charge >= 0.3 is 5.63 Å². The van der Waals surface area contributed by atoms with E-state index in [0.717, 1.165) is 28.6 Å². The number of hydrogen-bond donors (Lipinski definition) is 2. The molecule has 6 heteroatoms. The Kier molecular flexibility index (Phi) is 5.31. The molecule has 30 heavy (non-hydrogen) atoms. The van der Waals surface area contributed by atoms with Crippen LogP contribution in [0.1, 0.15) is 23.6 Å². The van der Waals surface area contributed by atoms with Crippen molar-refractivity contribution in [1.82, 2.24) is 10.3 Å². The van der Waals surface area contributed by atoms with Crippen molar-refractivity contribution >= 4 is 27.8 Å². The van der Waals surface area contributed by atoms with Crippen molar-refractivity contribution in [2.75, 3.05) is 6.54 Å². The second-order valence-electron chi connectivity index (χ2n) is 7.55. The number of aromatic nitrogens is 1. The summed E-state index contributed by atoms with van der Waals surface area (Å²) in [4.78, 5) is 27.5. The Hall–Kier alpha value is -3.54. The van der Waals surface area contributed by atoms with Gasteiger partial charge in [-0.15, -0.1) is 0 Å². The number of ether oxygens (including phenoxy) is 1. The number of amides is 1. The van der Waals surface area contributed by atoms with Crippen LogP contribution in [0.5, 0.6) is 5.75 Å². The number of aromatic amines is 1. The summed E-state index contributed by atoms with van der Waals surface area (Å²) >= 11 is 0. The molecule has 154 valence electrons. The first-order chi connectivity index (χ1) is 14.4. The maximum absolute atomic E-state index is 12.6. The molecule has 0 bridgehead atoms. The van der Waals surface area contributed by atoms with Crippen molar-refractivity contribution in [2.24, 2.45) is 0 Å². The number of rotatable bonds is 6. The zero-order valence-electron chi connectivity index (χ0n) is 17.2. The van der Waals surface area contributed by atoms with Gasteiger partial charge in [0.25, 0.3) is 5.91 Å². The first kappa shape index (κ1) is 19.8. The lowest BCUT2D eigenvalue weighted by atomic mass is 10.1. The van der Waals surface area contributed by atoms with Crippen LogP contribution in [0.2, 0.25) is 0 Å². The van der Waals surface area contributed by atoms with Crippen molar-refractivity contribution in [1.29, 1.82) is 0 Å². The highest BCUT2D eigenvalue weighted by Crippen LogP contribution is 2.30. The Morgan fingerprint density at radius 1 is 1.20 bits per heavy atom. The van der Waals surface area contributed by atoms with E-state index in [1.54, 1.807) is 13.0 Å². The van der Waals surface area contributed by atoms with E-state index in [2.05, 4.69) is 16.4 Å². The van der Waals surface area contributed by atoms with Crippen LogP contribution in [0, 0.1) is 13.8 Å². The molecule has 2 aromatic carbocycles. The number of fused-ring (bicyclic) bond motifs is 2. The Labute approximate surface area is 173 Å². The van der Waals surface area contributed by atoms with E-state index < -0.39 is 11.7 Å². The minimum absolute atomic E-state index is 0.195. The Morgan fingerprint density at radius 3 is 2.83 bits per heavy atom. The lowest BCUT2D eigenvalue weighted by molar-refractivity contribution is -0.127. The van der Waals surface area contributed by atoms with Gasteiger partial charge in [0.1, 0.15) is 11.3 Å². The molecule has 2 heterocycles. The third-order valence-electron chi connectivity index (χ3n) is 5.19. The first-order valence-corrected chi connectivity index (χ1v) is 9.97.